The Balaban J connectivity index is 1.35. The van der Waals surface area contributed by atoms with Crippen LogP contribution in [0.15, 0.2) is 51.4 Å². The molecule has 1 aliphatic rings. The number of anilines is 1. The summed E-state index contributed by atoms with van der Waals surface area (Å²) in [6.45, 7) is 2.67. The Labute approximate surface area is 207 Å². The van der Waals surface area contributed by atoms with Gasteiger partial charge in [0.15, 0.2) is 11.0 Å². The molecule has 1 saturated carbocycles. The van der Waals surface area contributed by atoms with E-state index in [0.717, 1.165) is 40.1 Å². The summed E-state index contributed by atoms with van der Waals surface area (Å²) in [5.41, 5.74) is 0.993. The Morgan fingerprint density at radius 3 is 2.82 bits per heavy atom. The molecular weight excluding hydrogens is 468 g/mol. The van der Waals surface area contributed by atoms with Gasteiger partial charge in [0.05, 0.1) is 23.8 Å². The largest absolute Gasteiger partial charge is 0.497 e. The summed E-state index contributed by atoms with van der Waals surface area (Å²) in [6.07, 6.45) is 6.06. The second-order valence-electron chi connectivity index (χ2n) is 8.33. The normalized spacial score (nSPS) is 15.4. The highest BCUT2D eigenvalue weighted by Crippen LogP contribution is 2.39. The van der Waals surface area contributed by atoms with Gasteiger partial charge in [0.25, 0.3) is 5.89 Å². The zero-order valence-electron chi connectivity index (χ0n) is 19.3. The lowest BCUT2D eigenvalue weighted by Gasteiger charge is -2.26. The molecule has 1 atom stereocenters. The van der Waals surface area contributed by atoms with E-state index in [1.54, 1.807) is 30.2 Å². The summed E-state index contributed by atoms with van der Waals surface area (Å²) in [6, 6.07) is 12.3. The quantitative estimate of drug-likeness (QED) is 0.267. The summed E-state index contributed by atoms with van der Waals surface area (Å²) in [4.78, 5) is 0.979. The monoisotopic (exact) mass is 496 g/mol. The van der Waals surface area contributed by atoms with Gasteiger partial charge >= 0.3 is 0 Å². The van der Waals surface area contributed by atoms with E-state index in [0.29, 0.717) is 24.4 Å². The Kier molecular flexibility index (Phi) is 7.15. The van der Waals surface area contributed by atoms with E-state index in [4.69, 9.17) is 9.15 Å². The fourth-order valence-corrected chi connectivity index (χ4v) is 5.85. The third-order valence-corrected chi connectivity index (χ3v) is 7.90. The average molecular weight is 497 g/mol. The maximum Gasteiger partial charge on any atom is 0.257 e. The first-order chi connectivity index (χ1) is 16.7. The topological polar surface area (TPSA) is 90.9 Å². The van der Waals surface area contributed by atoms with Crippen molar-refractivity contribution in [3.8, 4) is 16.5 Å². The van der Waals surface area contributed by atoms with Crippen LogP contribution in [0.3, 0.4) is 0 Å². The van der Waals surface area contributed by atoms with Crippen molar-refractivity contribution in [3.05, 3.63) is 53.5 Å². The van der Waals surface area contributed by atoms with Gasteiger partial charge in [-0.05, 0) is 43.3 Å². The molecule has 0 amide bonds. The van der Waals surface area contributed by atoms with Gasteiger partial charge in [0, 0.05) is 17.8 Å². The number of thioether (sulfide) groups is 1. The second-order valence-corrected chi connectivity index (χ2v) is 10.6. The van der Waals surface area contributed by atoms with Crippen molar-refractivity contribution in [3.63, 3.8) is 0 Å². The molecule has 1 N–H and O–H groups in total. The van der Waals surface area contributed by atoms with Crippen molar-refractivity contribution in [1.82, 2.24) is 25.0 Å². The second kappa shape index (κ2) is 10.6. The first-order valence-corrected chi connectivity index (χ1v) is 13.3. The number of ether oxygens (including phenoxy) is 1. The number of nitrogens with zero attached hydrogens (tertiary/aromatic N) is 5. The summed E-state index contributed by atoms with van der Waals surface area (Å²) < 4.78 is 13.6. The number of nitrogens with one attached hydrogen (secondary N) is 1. The maximum absolute atomic E-state index is 5.97. The molecule has 178 valence electrons. The van der Waals surface area contributed by atoms with Crippen LogP contribution in [0.4, 0.5) is 5.69 Å². The van der Waals surface area contributed by atoms with E-state index < -0.39 is 0 Å². The summed E-state index contributed by atoms with van der Waals surface area (Å²) in [7, 11) is 1.68. The van der Waals surface area contributed by atoms with Crippen molar-refractivity contribution in [2.24, 2.45) is 0 Å². The zero-order chi connectivity index (χ0) is 23.3. The minimum absolute atomic E-state index is 0.0352. The van der Waals surface area contributed by atoms with Gasteiger partial charge in [-0.2, -0.15) is 0 Å². The summed E-state index contributed by atoms with van der Waals surface area (Å²) in [5.74, 6) is 2.93. The summed E-state index contributed by atoms with van der Waals surface area (Å²) in [5, 5.41) is 24.0. The van der Waals surface area contributed by atoms with Gasteiger partial charge in [-0.1, -0.05) is 43.2 Å². The number of rotatable bonds is 9. The van der Waals surface area contributed by atoms with Gasteiger partial charge in [-0.25, -0.2) is 0 Å². The van der Waals surface area contributed by atoms with Crippen molar-refractivity contribution >= 4 is 28.8 Å². The average Bonchev–Trinajstić information content (AvgIpc) is 3.64. The highest BCUT2D eigenvalue weighted by molar-refractivity contribution is 7.99. The molecule has 10 heteroatoms. The Morgan fingerprint density at radius 1 is 1.15 bits per heavy atom. The first-order valence-electron chi connectivity index (χ1n) is 11.6. The predicted octanol–water partition coefficient (Wildman–Crippen LogP) is 6.37. The molecule has 34 heavy (non-hydrogen) atoms. The van der Waals surface area contributed by atoms with E-state index in [1.807, 2.05) is 41.8 Å². The molecule has 0 radical (unpaired) electrons. The van der Waals surface area contributed by atoms with Gasteiger partial charge in [-0.3, -0.25) is 0 Å². The van der Waals surface area contributed by atoms with Crippen LogP contribution in [0.25, 0.3) is 10.8 Å². The highest BCUT2D eigenvalue weighted by atomic mass is 32.2. The van der Waals surface area contributed by atoms with Gasteiger partial charge in [-0.15, -0.1) is 31.7 Å². The van der Waals surface area contributed by atoms with Crippen molar-refractivity contribution < 1.29 is 9.15 Å². The first kappa shape index (κ1) is 22.9. The van der Waals surface area contributed by atoms with Crippen LogP contribution in [0.1, 0.15) is 62.0 Å². The zero-order valence-corrected chi connectivity index (χ0v) is 20.9. The SMILES string of the molecule is COc1cccc(NCc2nnc(S[C@@H](C)c3nnc(-c4cccs4)o3)n2C2CCCCC2)c1. The van der Waals surface area contributed by atoms with Gasteiger partial charge in [0.2, 0.25) is 5.89 Å². The molecule has 0 bridgehead atoms. The number of thiophene rings is 1. The van der Waals surface area contributed by atoms with Crippen LogP contribution in [-0.4, -0.2) is 32.1 Å². The Morgan fingerprint density at radius 2 is 2.03 bits per heavy atom. The molecule has 8 nitrogen and oxygen atoms in total. The van der Waals surface area contributed by atoms with Crippen LogP contribution in [0.2, 0.25) is 0 Å². The van der Waals surface area contributed by atoms with Crippen molar-refractivity contribution in [2.45, 2.75) is 62.0 Å². The van der Waals surface area contributed by atoms with Gasteiger partial charge in [0.1, 0.15) is 5.75 Å². The summed E-state index contributed by atoms with van der Waals surface area (Å²) >= 11 is 3.22. The molecule has 0 aliphatic heterocycles. The standard InChI is InChI=1S/C24H28N6O2S2/c1-16(22-27-28-23(32-22)20-12-7-13-33-20)34-24-29-26-21(30(24)18-9-4-3-5-10-18)15-25-17-8-6-11-19(14-17)31-2/h6-8,11-14,16,18,25H,3-5,9-10,15H2,1-2H3/t16-/m0/s1. The lowest BCUT2D eigenvalue weighted by atomic mass is 9.95. The van der Waals surface area contributed by atoms with E-state index >= 15 is 0 Å². The maximum atomic E-state index is 5.97. The smallest absolute Gasteiger partial charge is 0.257 e. The number of benzene rings is 1. The van der Waals surface area contributed by atoms with Crippen LogP contribution in [0, 0.1) is 0 Å². The Bertz CT molecular complexity index is 1200. The predicted molar refractivity (Wildman–Crippen MR) is 134 cm³/mol. The molecule has 0 unspecified atom stereocenters. The molecule has 5 rings (SSSR count). The van der Waals surface area contributed by atoms with E-state index in [9.17, 15) is 0 Å². The fraction of sp³-hybridized carbons (Fsp3) is 0.417. The van der Waals surface area contributed by atoms with Gasteiger partial charge < -0.3 is 19.0 Å². The molecule has 1 aromatic carbocycles. The third kappa shape index (κ3) is 5.12. The van der Waals surface area contributed by atoms with Crippen LogP contribution < -0.4 is 10.1 Å². The molecule has 3 heterocycles. The van der Waals surface area contributed by atoms with Crippen LogP contribution >= 0.6 is 23.1 Å². The number of hydrogen-bond acceptors (Lipinski definition) is 9. The number of methoxy groups -OCH3 is 1. The van der Waals surface area contributed by atoms with Crippen molar-refractivity contribution in [2.75, 3.05) is 12.4 Å². The third-order valence-electron chi connectivity index (χ3n) is 6.00. The van der Waals surface area contributed by atoms with Crippen molar-refractivity contribution in [1.29, 1.82) is 0 Å². The van der Waals surface area contributed by atoms with E-state index in [2.05, 4.69) is 37.2 Å². The fourth-order valence-electron chi connectivity index (χ4n) is 4.24. The van der Waals surface area contributed by atoms with E-state index in [-0.39, 0.29) is 5.25 Å². The van der Waals surface area contributed by atoms with E-state index in [1.165, 1.54) is 19.3 Å². The number of aromatic nitrogens is 5. The van der Waals surface area contributed by atoms with Crippen LogP contribution in [-0.2, 0) is 6.54 Å². The minimum atomic E-state index is -0.0352. The molecule has 0 spiro atoms. The van der Waals surface area contributed by atoms with Crippen LogP contribution in [0.5, 0.6) is 5.75 Å². The Hall–Kier alpha value is -2.85. The lowest BCUT2D eigenvalue weighted by molar-refractivity contribution is 0.329. The molecular formula is C24H28N6O2S2. The highest BCUT2D eigenvalue weighted by Gasteiger charge is 2.26. The molecule has 3 aromatic heterocycles. The lowest BCUT2D eigenvalue weighted by Crippen LogP contribution is -2.18. The number of hydrogen-bond donors (Lipinski definition) is 1. The molecule has 1 aliphatic carbocycles. The molecule has 4 aromatic rings. The molecule has 1 fully saturated rings. The minimum Gasteiger partial charge on any atom is -0.497 e. The molecule has 0 saturated heterocycles.